The van der Waals surface area contributed by atoms with Crippen LogP contribution >= 0.6 is 27.3 Å². The van der Waals surface area contributed by atoms with Gasteiger partial charge in [-0.15, -0.1) is 26.6 Å². The Morgan fingerprint density at radius 3 is 3.05 bits per heavy atom. The van der Waals surface area contributed by atoms with Crippen LogP contribution in [-0.4, -0.2) is 25.5 Å². The van der Waals surface area contributed by atoms with Crippen LogP contribution in [0.4, 0.5) is 5.82 Å². The molecule has 8 heteroatoms. The van der Waals surface area contributed by atoms with E-state index in [0.29, 0.717) is 11.5 Å². The van der Waals surface area contributed by atoms with Crippen molar-refractivity contribution in [2.45, 2.75) is 6.92 Å². The van der Waals surface area contributed by atoms with Crippen LogP contribution in [0.15, 0.2) is 39.5 Å². The lowest BCUT2D eigenvalue weighted by Crippen LogP contribution is -2.01. The maximum atomic E-state index is 4.31. The summed E-state index contributed by atoms with van der Waals surface area (Å²) in [5, 5.41) is 16.2. The summed E-state index contributed by atoms with van der Waals surface area (Å²) in [4.78, 5) is 1.10. The van der Waals surface area contributed by atoms with E-state index in [-0.39, 0.29) is 0 Å². The second-order valence-electron chi connectivity index (χ2n) is 3.77. The standard InChI is InChI=1S/C11H9BrN6S/c1-7(8-2-3-9(12)19-8)14-15-10-4-5-11-16-13-6-18(11)17-10/h2-6H,1H3,(H,15,17)/b14-7+. The van der Waals surface area contributed by atoms with E-state index in [1.165, 1.54) is 0 Å². The van der Waals surface area contributed by atoms with Gasteiger partial charge in [0.15, 0.2) is 11.5 Å². The van der Waals surface area contributed by atoms with Crippen molar-refractivity contribution in [1.82, 2.24) is 19.8 Å². The minimum Gasteiger partial charge on any atom is -0.260 e. The van der Waals surface area contributed by atoms with Gasteiger partial charge in [0, 0.05) is 0 Å². The first-order chi connectivity index (χ1) is 9.22. The van der Waals surface area contributed by atoms with Crippen LogP contribution in [0, 0.1) is 0 Å². The quantitative estimate of drug-likeness (QED) is 0.589. The highest BCUT2D eigenvalue weighted by molar-refractivity contribution is 9.11. The summed E-state index contributed by atoms with van der Waals surface area (Å²) in [6.07, 6.45) is 1.55. The van der Waals surface area contributed by atoms with Crippen LogP contribution in [0.2, 0.25) is 0 Å². The van der Waals surface area contributed by atoms with Crippen molar-refractivity contribution in [3.63, 3.8) is 0 Å². The molecule has 3 heterocycles. The molecule has 1 N–H and O–H groups in total. The highest BCUT2D eigenvalue weighted by Crippen LogP contribution is 2.22. The second kappa shape index (κ2) is 5.06. The fraction of sp³-hybridized carbons (Fsp3) is 0.0909. The van der Waals surface area contributed by atoms with E-state index < -0.39 is 0 Å². The topological polar surface area (TPSA) is 67.5 Å². The third-order valence-corrected chi connectivity index (χ3v) is 4.16. The average molecular weight is 337 g/mol. The Balaban J connectivity index is 1.80. The summed E-state index contributed by atoms with van der Waals surface area (Å²) in [5.74, 6) is 0.641. The Labute approximate surface area is 121 Å². The first-order valence-electron chi connectivity index (χ1n) is 5.45. The van der Waals surface area contributed by atoms with Crippen molar-refractivity contribution in [3.8, 4) is 0 Å². The molecule has 96 valence electrons. The van der Waals surface area contributed by atoms with E-state index in [9.17, 15) is 0 Å². The Morgan fingerprint density at radius 1 is 1.37 bits per heavy atom. The maximum Gasteiger partial charge on any atom is 0.177 e. The molecule has 3 rings (SSSR count). The molecule has 0 amide bonds. The third-order valence-electron chi connectivity index (χ3n) is 2.43. The first-order valence-corrected chi connectivity index (χ1v) is 7.06. The molecule has 3 aromatic heterocycles. The molecule has 3 aromatic rings. The molecule has 19 heavy (non-hydrogen) atoms. The highest BCUT2D eigenvalue weighted by atomic mass is 79.9. The molecule has 0 aliphatic carbocycles. The summed E-state index contributed by atoms with van der Waals surface area (Å²) < 4.78 is 2.68. The van der Waals surface area contributed by atoms with Gasteiger partial charge in [0.25, 0.3) is 0 Å². The fourth-order valence-corrected chi connectivity index (χ4v) is 2.82. The largest absolute Gasteiger partial charge is 0.260 e. The van der Waals surface area contributed by atoms with Gasteiger partial charge in [0.1, 0.15) is 6.33 Å². The smallest absolute Gasteiger partial charge is 0.177 e. The molecular formula is C11H9BrN6S. The predicted molar refractivity (Wildman–Crippen MR) is 78.6 cm³/mol. The molecule has 0 saturated carbocycles. The number of nitrogens with zero attached hydrogens (tertiary/aromatic N) is 5. The Kier molecular flexibility index (Phi) is 3.26. The number of aromatic nitrogens is 4. The fourth-order valence-electron chi connectivity index (χ4n) is 1.49. The minimum atomic E-state index is 0.641. The van der Waals surface area contributed by atoms with Gasteiger partial charge in [-0.3, -0.25) is 5.43 Å². The molecule has 0 unspecified atom stereocenters. The lowest BCUT2D eigenvalue weighted by atomic mass is 10.3. The maximum absolute atomic E-state index is 4.31. The Bertz CT molecular complexity index is 746. The van der Waals surface area contributed by atoms with Crippen LogP contribution in [0.3, 0.4) is 0 Å². The molecule has 0 saturated heterocycles. The molecule has 0 spiro atoms. The van der Waals surface area contributed by atoms with Gasteiger partial charge in [-0.1, -0.05) is 0 Å². The number of nitrogens with one attached hydrogen (secondary N) is 1. The zero-order valence-corrected chi connectivity index (χ0v) is 12.3. The summed E-state index contributed by atoms with van der Waals surface area (Å²) in [6.45, 7) is 1.95. The van der Waals surface area contributed by atoms with Gasteiger partial charge in [0.05, 0.1) is 14.4 Å². The van der Waals surface area contributed by atoms with E-state index in [1.54, 1.807) is 22.2 Å². The monoisotopic (exact) mass is 336 g/mol. The van der Waals surface area contributed by atoms with E-state index >= 15 is 0 Å². The normalized spacial score (nSPS) is 12.0. The third kappa shape index (κ3) is 2.64. The molecule has 6 nitrogen and oxygen atoms in total. The summed E-state index contributed by atoms with van der Waals surface area (Å²) in [6, 6.07) is 7.66. The van der Waals surface area contributed by atoms with Crippen LogP contribution in [0.1, 0.15) is 11.8 Å². The van der Waals surface area contributed by atoms with E-state index in [2.05, 4.69) is 41.8 Å². The highest BCUT2D eigenvalue weighted by Gasteiger charge is 2.02. The number of halogens is 1. The van der Waals surface area contributed by atoms with Crippen LogP contribution in [-0.2, 0) is 0 Å². The van der Waals surface area contributed by atoms with Gasteiger partial charge in [-0.2, -0.15) is 9.62 Å². The molecule has 0 radical (unpaired) electrons. The molecule has 0 aliphatic rings. The SMILES string of the molecule is C/C(=N\Nc1ccc2nncn2n1)c1ccc(Br)s1. The van der Waals surface area contributed by atoms with Gasteiger partial charge in [-0.05, 0) is 47.1 Å². The van der Waals surface area contributed by atoms with E-state index in [1.807, 2.05) is 31.2 Å². The van der Waals surface area contributed by atoms with Crippen LogP contribution in [0.5, 0.6) is 0 Å². The van der Waals surface area contributed by atoms with Gasteiger partial charge >= 0.3 is 0 Å². The van der Waals surface area contributed by atoms with Crippen LogP contribution in [0.25, 0.3) is 5.65 Å². The molecule has 0 fully saturated rings. The van der Waals surface area contributed by atoms with E-state index in [4.69, 9.17) is 0 Å². The Morgan fingerprint density at radius 2 is 2.26 bits per heavy atom. The van der Waals surface area contributed by atoms with Crippen LogP contribution < -0.4 is 5.43 Å². The zero-order valence-electron chi connectivity index (χ0n) is 9.91. The second-order valence-corrected chi connectivity index (χ2v) is 6.23. The van der Waals surface area contributed by atoms with Gasteiger partial charge in [-0.25, -0.2) is 0 Å². The van der Waals surface area contributed by atoms with Gasteiger partial charge < -0.3 is 0 Å². The number of hydrogen-bond donors (Lipinski definition) is 1. The summed E-state index contributed by atoms with van der Waals surface area (Å²) in [7, 11) is 0. The van der Waals surface area contributed by atoms with E-state index in [0.717, 1.165) is 14.4 Å². The molecule has 0 atom stereocenters. The average Bonchev–Trinajstić information content (AvgIpc) is 3.03. The number of thiophene rings is 1. The van der Waals surface area contributed by atoms with Gasteiger partial charge in [0.2, 0.25) is 0 Å². The molecule has 0 aliphatic heterocycles. The molecule has 0 bridgehead atoms. The van der Waals surface area contributed by atoms with Crippen molar-refractivity contribution in [2.24, 2.45) is 5.10 Å². The van der Waals surface area contributed by atoms with Crippen molar-refractivity contribution in [3.05, 3.63) is 39.3 Å². The predicted octanol–water partition coefficient (Wildman–Crippen LogP) is 2.78. The first kappa shape index (κ1) is 12.2. The number of hydrogen-bond acceptors (Lipinski definition) is 6. The number of anilines is 1. The lowest BCUT2D eigenvalue weighted by molar-refractivity contribution is 0.924. The molecular weight excluding hydrogens is 328 g/mol. The number of rotatable bonds is 3. The summed E-state index contributed by atoms with van der Waals surface area (Å²) in [5.41, 5.74) is 4.53. The van der Waals surface area contributed by atoms with Crippen molar-refractivity contribution >= 4 is 44.4 Å². The number of hydrazone groups is 1. The summed E-state index contributed by atoms with van der Waals surface area (Å²) >= 11 is 5.07. The lowest BCUT2D eigenvalue weighted by Gasteiger charge is -2.01. The zero-order chi connectivity index (χ0) is 13.2. The Hall–Kier alpha value is -1.80. The van der Waals surface area contributed by atoms with Crippen molar-refractivity contribution < 1.29 is 0 Å². The van der Waals surface area contributed by atoms with Crippen molar-refractivity contribution in [2.75, 3.05) is 5.43 Å². The molecule has 0 aromatic carbocycles. The number of fused-ring (bicyclic) bond motifs is 1. The minimum absolute atomic E-state index is 0.641. The van der Waals surface area contributed by atoms with Crippen molar-refractivity contribution in [1.29, 1.82) is 0 Å².